The van der Waals surface area contributed by atoms with E-state index in [1.54, 1.807) is 12.1 Å². The Balaban J connectivity index is 2.18. The highest BCUT2D eigenvalue weighted by atomic mass is 16.5. The van der Waals surface area contributed by atoms with Gasteiger partial charge in [0.15, 0.2) is 5.69 Å². The highest BCUT2D eigenvalue weighted by Crippen LogP contribution is 2.19. The summed E-state index contributed by atoms with van der Waals surface area (Å²) in [6, 6.07) is 9.13. The van der Waals surface area contributed by atoms with Crippen molar-refractivity contribution in [1.29, 1.82) is 0 Å². The molecule has 2 amide bonds. The summed E-state index contributed by atoms with van der Waals surface area (Å²) in [6.07, 6.45) is 0.0881. The molecule has 10 nitrogen and oxygen atoms in total. The quantitative estimate of drug-likeness (QED) is 0.511. The van der Waals surface area contributed by atoms with Crippen molar-refractivity contribution < 1.29 is 14.3 Å². The van der Waals surface area contributed by atoms with Gasteiger partial charge in [-0.3, -0.25) is 23.9 Å². The van der Waals surface area contributed by atoms with Gasteiger partial charge in [0.1, 0.15) is 11.6 Å². The van der Waals surface area contributed by atoms with E-state index in [0.717, 1.165) is 0 Å². The second kappa shape index (κ2) is 12.1. The number of nitrogens with two attached hydrogens (primary N) is 1. The summed E-state index contributed by atoms with van der Waals surface area (Å²) in [5.41, 5.74) is 4.78. The number of nitrogens with zero attached hydrogens (tertiary/aromatic N) is 3. The zero-order chi connectivity index (χ0) is 25.4. The van der Waals surface area contributed by atoms with Crippen LogP contribution in [0.25, 0.3) is 0 Å². The van der Waals surface area contributed by atoms with Gasteiger partial charge in [-0.15, -0.1) is 0 Å². The number of aromatic nitrogens is 2. The molecule has 0 saturated carbocycles. The number of benzene rings is 1. The average Bonchev–Trinajstić information content (AvgIpc) is 2.76. The fraction of sp³-hybridized carbons (Fsp3) is 0.500. The van der Waals surface area contributed by atoms with E-state index in [2.05, 4.69) is 4.98 Å². The van der Waals surface area contributed by atoms with Crippen LogP contribution in [0.5, 0.6) is 5.75 Å². The molecule has 0 atom stereocenters. The molecule has 0 spiro atoms. The van der Waals surface area contributed by atoms with E-state index in [-0.39, 0.29) is 61.9 Å². The predicted octanol–water partition coefficient (Wildman–Crippen LogP) is 1.69. The molecule has 0 aliphatic heterocycles. The molecule has 1 aromatic carbocycles. The molecule has 0 fully saturated rings. The number of aromatic amines is 1. The first-order valence-corrected chi connectivity index (χ1v) is 11.4. The Hall–Kier alpha value is -3.56. The third-order valence-electron chi connectivity index (χ3n) is 5.01. The molecule has 0 radical (unpaired) electrons. The Kier molecular flexibility index (Phi) is 9.47. The van der Waals surface area contributed by atoms with Gasteiger partial charge < -0.3 is 20.3 Å². The van der Waals surface area contributed by atoms with Crippen molar-refractivity contribution in [3.8, 4) is 5.75 Å². The molecule has 1 heterocycles. The first-order chi connectivity index (χ1) is 16.0. The zero-order valence-electron chi connectivity index (χ0n) is 20.5. The van der Waals surface area contributed by atoms with Crippen molar-refractivity contribution in [2.24, 2.45) is 11.8 Å². The first kappa shape index (κ1) is 26.7. The highest BCUT2D eigenvalue weighted by molar-refractivity contribution is 5.98. The average molecular weight is 474 g/mol. The minimum absolute atomic E-state index is 0.00788. The maximum atomic E-state index is 13.2. The van der Waals surface area contributed by atoms with Gasteiger partial charge in [-0.1, -0.05) is 45.9 Å². The van der Waals surface area contributed by atoms with Crippen molar-refractivity contribution in [2.75, 3.05) is 37.4 Å². The number of rotatable bonds is 11. The molecule has 0 aliphatic rings. The van der Waals surface area contributed by atoms with E-state index >= 15 is 0 Å². The summed E-state index contributed by atoms with van der Waals surface area (Å²) in [5.74, 6) is -0.0608. The topological polar surface area (TPSA) is 131 Å². The minimum atomic E-state index is -0.734. The number of anilines is 2. The van der Waals surface area contributed by atoms with Crippen molar-refractivity contribution >= 4 is 23.3 Å². The number of amides is 2. The van der Waals surface area contributed by atoms with E-state index < -0.39 is 17.2 Å². The lowest BCUT2D eigenvalue weighted by Gasteiger charge is -2.28. The summed E-state index contributed by atoms with van der Waals surface area (Å²) in [7, 11) is 1.52. The molecule has 0 saturated heterocycles. The molecule has 0 unspecified atom stereocenters. The van der Waals surface area contributed by atoms with Gasteiger partial charge in [-0.25, -0.2) is 4.79 Å². The fourth-order valence-electron chi connectivity index (χ4n) is 3.41. The molecule has 0 aliphatic carbocycles. The molecule has 186 valence electrons. The monoisotopic (exact) mass is 473 g/mol. The molecule has 1 aromatic heterocycles. The largest absolute Gasteiger partial charge is 0.493 e. The molecule has 2 aromatic rings. The number of likely N-dealkylation sites (N-methyl/N-ethyl adjacent to an activating group) is 1. The lowest BCUT2D eigenvalue weighted by Crippen LogP contribution is -2.47. The van der Waals surface area contributed by atoms with Crippen LogP contribution in [0.15, 0.2) is 39.9 Å². The highest BCUT2D eigenvalue weighted by Gasteiger charge is 2.27. The summed E-state index contributed by atoms with van der Waals surface area (Å²) < 4.78 is 6.81. The summed E-state index contributed by atoms with van der Waals surface area (Å²) >= 11 is 0. The zero-order valence-corrected chi connectivity index (χ0v) is 20.5. The van der Waals surface area contributed by atoms with Gasteiger partial charge in [0.05, 0.1) is 19.6 Å². The lowest BCUT2D eigenvalue weighted by molar-refractivity contribution is -0.134. The maximum Gasteiger partial charge on any atom is 0.330 e. The van der Waals surface area contributed by atoms with E-state index in [9.17, 15) is 19.2 Å². The van der Waals surface area contributed by atoms with Crippen molar-refractivity contribution in [3.63, 3.8) is 0 Å². The van der Waals surface area contributed by atoms with Crippen LogP contribution >= 0.6 is 0 Å². The number of carbonyl (C=O) groups is 2. The molecule has 2 rings (SSSR count). The number of hydrogen-bond donors (Lipinski definition) is 2. The molecular formula is C24H35N5O5. The molecule has 10 heteroatoms. The van der Waals surface area contributed by atoms with Crippen LogP contribution < -0.4 is 26.6 Å². The Bertz CT molecular complexity index is 1090. The number of H-pyrrole nitrogens is 1. The van der Waals surface area contributed by atoms with Gasteiger partial charge in [-0.2, -0.15) is 0 Å². The van der Waals surface area contributed by atoms with Gasteiger partial charge >= 0.3 is 5.69 Å². The van der Waals surface area contributed by atoms with Crippen LogP contribution in [-0.2, 0) is 16.1 Å². The van der Waals surface area contributed by atoms with Crippen LogP contribution in [0.2, 0.25) is 0 Å². The van der Waals surface area contributed by atoms with Crippen LogP contribution in [0, 0.1) is 11.8 Å². The van der Waals surface area contributed by atoms with Gasteiger partial charge in [0.2, 0.25) is 11.8 Å². The molecule has 3 N–H and O–H groups in total. The summed E-state index contributed by atoms with van der Waals surface area (Å²) in [6.45, 7) is 8.02. The SMILES string of the molecule is CC(C)CN(C(=O)CN(C)C(=O)CCOc1ccccc1)c1c(N)n(CC(C)C)c(=O)[nH]c1=O. The Labute approximate surface area is 199 Å². The number of carbonyl (C=O) groups excluding carboxylic acids is 2. The van der Waals surface area contributed by atoms with Crippen molar-refractivity contribution in [1.82, 2.24) is 14.5 Å². The standard InChI is InChI=1S/C24H35N5O5/c1-16(2)13-28(21-22(25)29(14-17(3)4)24(33)26-23(21)32)20(31)15-27(5)19(30)11-12-34-18-9-7-6-8-10-18/h6-10,16-17H,11-15,25H2,1-5H3,(H,26,32,33). The molecule has 0 bridgehead atoms. The smallest absolute Gasteiger partial charge is 0.330 e. The van der Waals surface area contributed by atoms with Crippen LogP contribution in [-0.4, -0.2) is 53.0 Å². The number of nitrogen functional groups attached to an aromatic ring is 1. The number of para-hydroxylation sites is 1. The molecule has 34 heavy (non-hydrogen) atoms. The second-order valence-electron chi connectivity index (χ2n) is 9.06. The van der Waals surface area contributed by atoms with E-state index in [0.29, 0.717) is 5.75 Å². The van der Waals surface area contributed by atoms with Crippen molar-refractivity contribution in [3.05, 3.63) is 51.2 Å². The Morgan fingerprint density at radius 1 is 1.06 bits per heavy atom. The van der Waals surface area contributed by atoms with Gasteiger partial charge in [0.25, 0.3) is 5.56 Å². The Morgan fingerprint density at radius 3 is 2.29 bits per heavy atom. The normalized spacial score (nSPS) is 11.0. The van der Waals surface area contributed by atoms with Crippen LogP contribution in [0.3, 0.4) is 0 Å². The third kappa shape index (κ3) is 7.23. The summed E-state index contributed by atoms with van der Waals surface area (Å²) in [5, 5.41) is 0. The summed E-state index contributed by atoms with van der Waals surface area (Å²) in [4.78, 5) is 55.5. The van der Waals surface area contributed by atoms with E-state index in [4.69, 9.17) is 10.5 Å². The van der Waals surface area contributed by atoms with Gasteiger partial charge in [0, 0.05) is 20.1 Å². The third-order valence-corrected chi connectivity index (χ3v) is 5.01. The fourth-order valence-corrected chi connectivity index (χ4v) is 3.41. The lowest BCUT2D eigenvalue weighted by atomic mass is 10.2. The predicted molar refractivity (Wildman–Crippen MR) is 132 cm³/mol. The second-order valence-corrected chi connectivity index (χ2v) is 9.06. The van der Waals surface area contributed by atoms with Gasteiger partial charge in [-0.05, 0) is 24.0 Å². The first-order valence-electron chi connectivity index (χ1n) is 11.4. The van der Waals surface area contributed by atoms with Crippen molar-refractivity contribution in [2.45, 2.75) is 40.7 Å². The maximum absolute atomic E-state index is 13.2. The minimum Gasteiger partial charge on any atom is -0.493 e. The number of ether oxygens (including phenoxy) is 1. The van der Waals surface area contributed by atoms with Crippen LogP contribution in [0.1, 0.15) is 34.1 Å². The molecular weight excluding hydrogens is 438 g/mol. The van der Waals surface area contributed by atoms with Crippen LogP contribution in [0.4, 0.5) is 11.5 Å². The number of nitrogens with one attached hydrogen (secondary N) is 1. The Morgan fingerprint density at radius 2 is 1.71 bits per heavy atom. The van der Waals surface area contributed by atoms with E-state index in [1.807, 2.05) is 45.9 Å². The number of hydrogen-bond acceptors (Lipinski definition) is 6. The van der Waals surface area contributed by atoms with E-state index in [1.165, 1.54) is 21.4 Å².